The van der Waals surface area contributed by atoms with E-state index in [0.717, 1.165) is 17.2 Å². The van der Waals surface area contributed by atoms with Crippen molar-refractivity contribution in [3.63, 3.8) is 0 Å². The molecule has 0 aliphatic heterocycles. The van der Waals surface area contributed by atoms with E-state index in [-0.39, 0.29) is 0 Å². The van der Waals surface area contributed by atoms with Crippen LogP contribution < -0.4 is 5.32 Å². The summed E-state index contributed by atoms with van der Waals surface area (Å²) in [5.41, 5.74) is 1.27. The standard InChI is InChI=1S/C13H15ClN2S/c1-15-11(12-6-7-13(14)17-12)5-4-10-3-2-8-16-9-10/h2-3,6-9,11,15H,4-5H2,1H3. The topological polar surface area (TPSA) is 24.9 Å². The molecule has 2 heterocycles. The van der Waals surface area contributed by atoms with Crippen molar-refractivity contribution >= 4 is 22.9 Å². The Morgan fingerprint density at radius 2 is 2.29 bits per heavy atom. The molecule has 0 aliphatic carbocycles. The number of hydrogen-bond donors (Lipinski definition) is 1. The van der Waals surface area contributed by atoms with Crippen LogP contribution in [0.25, 0.3) is 0 Å². The molecule has 0 fully saturated rings. The Morgan fingerprint density at radius 3 is 2.88 bits per heavy atom. The van der Waals surface area contributed by atoms with Crippen molar-refractivity contribution in [3.05, 3.63) is 51.4 Å². The molecule has 90 valence electrons. The normalized spacial score (nSPS) is 12.6. The molecule has 1 atom stereocenters. The molecule has 0 bridgehead atoms. The molecule has 1 N–H and O–H groups in total. The summed E-state index contributed by atoms with van der Waals surface area (Å²) in [6.45, 7) is 0. The van der Waals surface area contributed by atoms with Crippen LogP contribution in [0.5, 0.6) is 0 Å². The molecule has 0 amide bonds. The van der Waals surface area contributed by atoms with Gasteiger partial charge in [-0.15, -0.1) is 11.3 Å². The molecule has 0 spiro atoms. The van der Waals surface area contributed by atoms with Gasteiger partial charge in [0.2, 0.25) is 0 Å². The van der Waals surface area contributed by atoms with Crippen LogP contribution in [-0.2, 0) is 6.42 Å². The first kappa shape index (κ1) is 12.6. The molecule has 0 saturated heterocycles. The van der Waals surface area contributed by atoms with Gasteiger partial charge in [0.05, 0.1) is 4.34 Å². The number of halogens is 1. The van der Waals surface area contributed by atoms with E-state index in [1.807, 2.05) is 25.4 Å². The highest BCUT2D eigenvalue weighted by atomic mass is 35.5. The number of pyridine rings is 1. The lowest BCUT2D eigenvalue weighted by Crippen LogP contribution is -2.15. The molecule has 0 saturated carbocycles. The minimum Gasteiger partial charge on any atom is -0.312 e. The van der Waals surface area contributed by atoms with E-state index < -0.39 is 0 Å². The molecule has 1 unspecified atom stereocenters. The largest absolute Gasteiger partial charge is 0.312 e. The average Bonchev–Trinajstić information content (AvgIpc) is 2.78. The smallest absolute Gasteiger partial charge is 0.0931 e. The fraction of sp³-hybridized carbons (Fsp3) is 0.308. The van der Waals surface area contributed by atoms with Gasteiger partial charge in [0.15, 0.2) is 0 Å². The van der Waals surface area contributed by atoms with Gasteiger partial charge in [-0.2, -0.15) is 0 Å². The summed E-state index contributed by atoms with van der Waals surface area (Å²) in [6.07, 6.45) is 5.81. The summed E-state index contributed by atoms with van der Waals surface area (Å²) < 4.78 is 0.849. The van der Waals surface area contributed by atoms with Crippen LogP contribution in [0.2, 0.25) is 4.34 Å². The number of nitrogens with zero attached hydrogens (tertiary/aromatic N) is 1. The van der Waals surface area contributed by atoms with E-state index in [1.165, 1.54) is 10.4 Å². The van der Waals surface area contributed by atoms with Gasteiger partial charge < -0.3 is 5.32 Å². The summed E-state index contributed by atoms with van der Waals surface area (Å²) in [7, 11) is 1.99. The molecular weight excluding hydrogens is 252 g/mol. The number of nitrogens with one attached hydrogen (secondary N) is 1. The van der Waals surface area contributed by atoms with E-state index >= 15 is 0 Å². The maximum Gasteiger partial charge on any atom is 0.0931 e. The number of rotatable bonds is 5. The van der Waals surface area contributed by atoms with Crippen molar-refractivity contribution in [2.75, 3.05) is 7.05 Å². The Hall–Kier alpha value is -0.900. The zero-order chi connectivity index (χ0) is 12.1. The molecule has 2 aromatic heterocycles. The number of aromatic nitrogens is 1. The predicted molar refractivity (Wildman–Crippen MR) is 73.7 cm³/mol. The Morgan fingerprint density at radius 1 is 1.41 bits per heavy atom. The third-order valence-electron chi connectivity index (χ3n) is 2.73. The number of hydrogen-bond acceptors (Lipinski definition) is 3. The van der Waals surface area contributed by atoms with E-state index in [9.17, 15) is 0 Å². The first-order valence-corrected chi connectivity index (χ1v) is 6.80. The second-order valence-electron chi connectivity index (χ2n) is 3.88. The monoisotopic (exact) mass is 266 g/mol. The summed E-state index contributed by atoms with van der Waals surface area (Å²) in [4.78, 5) is 5.42. The van der Waals surface area contributed by atoms with Crippen molar-refractivity contribution in [2.45, 2.75) is 18.9 Å². The fourth-order valence-electron chi connectivity index (χ4n) is 1.80. The zero-order valence-corrected chi connectivity index (χ0v) is 11.3. The highest BCUT2D eigenvalue weighted by Crippen LogP contribution is 2.29. The molecule has 2 rings (SSSR count). The van der Waals surface area contributed by atoms with Gasteiger partial charge in [0.1, 0.15) is 0 Å². The summed E-state index contributed by atoms with van der Waals surface area (Å²) in [5, 5.41) is 3.33. The van der Waals surface area contributed by atoms with Gasteiger partial charge >= 0.3 is 0 Å². The predicted octanol–water partition coefficient (Wildman–Crippen LogP) is 3.69. The van der Waals surface area contributed by atoms with Crippen LogP contribution in [0.4, 0.5) is 0 Å². The SMILES string of the molecule is CNC(CCc1cccnc1)c1ccc(Cl)s1. The lowest BCUT2D eigenvalue weighted by Gasteiger charge is -2.14. The molecule has 2 nitrogen and oxygen atoms in total. The van der Waals surface area contributed by atoms with Gasteiger partial charge in [-0.1, -0.05) is 17.7 Å². The van der Waals surface area contributed by atoms with Crippen LogP contribution >= 0.6 is 22.9 Å². The van der Waals surface area contributed by atoms with E-state index in [2.05, 4.69) is 22.4 Å². The van der Waals surface area contributed by atoms with Gasteiger partial charge in [0.25, 0.3) is 0 Å². The second-order valence-corrected chi connectivity index (χ2v) is 5.63. The van der Waals surface area contributed by atoms with Gasteiger partial charge in [-0.3, -0.25) is 4.98 Å². The second kappa shape index (κ2) is 6.15. The van der Waals surface area contributed by atoms with Crippen LogP contribution in [-0.4, -0.2) is 12.0 Å². The molecule has 0 aliphatic rings. The number of aryl methyl sites for hydroxylation is 1. The Kier molecular flexibility index (Phi) is 4.54. The maximum atomic E-state index is 5.96. The van der Waals surface area contributed by atoms with E-state index in [0.29, 0.717) is 6.04 Å². The van der Waals surface area contributed by atoms with Crippen LogP contribution in [0.15, 0.2) is 36.7 Å². The maximum absolute atomic E-state index is 5.96. The molecule has 4 heteroatoms. The Balaban J connectivity index is 1.97. The summed E-state index contributed by atoms with van der Waals surface area (Å²) in [5.74, 6) is 0. The zero-order valence-electron chi connectivity index (χ0n) is 9.69. The van der Waals surface area contributed by atoms with Gasteiger partial charge in [0, 0.05) is 23.3 Å². The number of thiophene rings is 1. The van der Waals surface area contributed by atoms with E-state index in [4.69, 9.17) is 11.6 Å². The van der Waals surface area contributed by atoms with Crippen LogP contribution in [0.3, 0.4) is 0 Å². The van der Waals surface area contributed by atoms with Gasteiger partial charge in [-0.25, -0.2) is 0 Å². The van der Waals surface area contributed by atoms with Crippen molar-refractivity contribution < 1.29 is 0 Å². The highest BCUT2D eigenvalue weighted by molar-refractivity contribution is 7.16. The van der Waals surface area contributed by atoms with Crippen LogP contribution in [0.1, 0.15) is 22.9 Å². The minimum absolute atomic E-state index is 0.368. The lowest BCUT2D eigenvalue weighted by molar-refractivity contribution is 0.557. The molecule has 2 aromatic rings. The minimum atomic E-state index is 0.368. The third-order valence-corrected chi connectivity index (χ3v) is 4.08. The molecule has 17 heavy (non-hydrogen) atoms. The first-order valence-electron chi connectivity index (χ1n) is 5.61. The summed E-state index contributed by atoms with van der Waals surface area (Å²) >= 11 is 7.60. The molecular formula is C13H15ClN2S. The fourth-order valence-corrected chi connectivity index (χ4v) is 3.01. The average molecular weight is 267 g/mol. The molecule has 0 radical (unpaired) electrons. The van der Waals surface area contributed by atoms with Crippen molar-refractivity contribution in [3.8, 4) is 0 Å². The first-order chi connectivity index (χ1) is 8.29. The van der Waals surface area contributed by atoms with E-state index in [1.54, 1.807) is 17.5 Å². The van der Waals surface area contributed by atoms with Crippen molar-refractivity contribution in [2.24, 2.45) is 0 Å². The lowest BCUT2D eigenvalue weighted by atomic mass is 10.1. The quantitative estimate of drug-likeness (QED) is 0.893. The summed E-state index contributed by atoms with van der Waals surface area (Å²) in [6, 6.07) is 8.51. The Labute approximate surface area is 111 Å². The van der Waals surface area contributed by atoms with Crippen molar-refractivity contribution in [1.82, 2.24) is 10.3 Å². The molecule has 0 aromatic carbocycles. The van der Waals surface area contributed by atoms with Crippen molar-refractivity contribution in [1.29, 1.82) is 0 Å². The van der Waals surface area contributed by atoms with Gasteiger partial charge in [-0.05, 0) is 43.7 Å². The Bertz CT molecular complexity index is 455. The third kappa shape index (κ3) is 3.53. The highest BCUT2D eigenvalue weighted by Gasteiger charge is 2.11. The van der Waals surface area contributed by atoms with Crippen LogP contribution in [0, 0.1) is 0 Å².